The maximum Gasteiger partial charge on any atom is 0.335 e. The molecule has 1 heterocycles. The van der Waals surface area contributed by atoms with Crippen LogP contribution in [-0.2, 0) is 11.2 Å². The van der Waals surface area contributed by atoms with Crippen LogP contribution in [0.25, 0.3) is 0 Å². The zero-order valence-corrected chi connectivity index (χ0v) is 19.6. The molecule has 0 spiro atoms. The molecule has 0 unspecified atom stereocenters. The Kier molecular flexibility index (Phi) is 8.55. The number of carbonyl (C=O) groups is 2. The standard InChI is InChI=1S/C24H30ClN3O5/c1-32-21-13-19(26)18(25)12-17(21)23(29)27-20-9-11-28(14-22(20)33-2)10-3-4-15-5-7-16(8-6-15)24(30)31/h5-8,12-13,20,22H,3-4,9-11,14,26H2,1-2H3,(H,27,29)(H,30,31)/t20-,22+/m1/s1. The molecule has 1 fully saturated rings. The first-order valence-electron chi connectivity index (χ1n) is 10.8. The van der Waals surface area contributed by atoms with E-state index in [1.807, 2.05) is 12.1 Å². The van der Waals surface area contributed by atoms with Crippen LogP contribution in [-0.4, -0.2) is 67.9 Å². The van der Waals surface area contributed by atoms with Gasteiger partial charge in [0.05, 0.1) is 41.1 Å². The minimum absolute atomic E-state index is 0.136. The van der Waals surface area contributed by atoms with Gasteiger partial charge in [0.1, 0.15) is 5.75 Å². The summed E-state index contributed by atoms with van der Waals surface area (Å²) >= 11 is 6.10. The van der Waals surface area contributed by atoms with Crippen LogP contribution in [0.1, 0.15) is 39.1 Å². The third-order valence-corrected chi connectivity index (χ3v) is 6.29. The number of halogens is 1. The highest BCUT2D eigenvalue weighted by Gasteiger charge is 2.31. The van der Waals surface area contributed by atoms with Crippen molar-refractivity contribution < 1.29 is 24.2 Å². The van der Waals surface area contributed by atoms with Gasteiger partial charge >= 0.3 is 5.97 Å². The Balaban J connectivity index is 1.52. The largest absolute Gasteiger partial charge is 0.496 e. The maximum absolute atomic E-state index is 12.9. The minimum Gasteiger partial charge on any atom is -0.496 e. The predicted molar refractivity (Wildman–Crippen MR) is 127 cm³/mol. The average molecular weight is 476 g/mol. The van der Waals surface area contributed by atoms with E-state index in [-0.39, 0.29) is 18.1 Å². The van der Waals surface area contributed by atoms with Gasteiger partial charge in [-0.3, -0.25) is 4.79 Å². The van der Waals surface area contributed by atoms with Crippen LogP contribution < -0.4 is 15.8 Å². The molecule has 0 aliphatic carbocycles. The quantitative estimate of drug-likeness (QED) is 0.477. The van der Waals surface area contributed by atoms with Crippen molar-refractivity contribution in [3.63, 3.8) is 0 Å². The third-order valence-electron chi connectivity index (χ3n) is 5.97. The zero-order valence-electron chi connectivity index (χ0n) is 18.8. The molecule has 0 bridgehead atoms. The Hall–Kier alpha value is -2.81. The van der Waals surface area contributed by atoms with Gasteiger partial charge in [0.2, 0.25) is 0 Å². The van der Waals surface area contributed by atoms with Gasteiger partial charge in [-0.2, -0.15) is 0 Å². The first-order chi connectivity index (χ1) is 15.8. The molecule has 1 amide bonds. The van der Waals surface area contributed by atoms with Crippen LogP contribution in [0.4, 0.5) is 5.69 Å². The van der Waals surface area contributed by atoms with Gasteiger partial charge in [-0.05, 0) is 49.6 Å². The number of methoxy groups -OCH3 is 2. The molecule has 4 N–H and O–H groups in total. The molecule has 2 atom stereocenters. The fourth-order valence-corrected chi connectivity index (χ4v) is 4.23. The van der Waals surface area contributed by atoms with Crippen LogP contribution in [0, 0.1) is 0 Å². The molecule has 1 aliphatic rings. The van der Waals surface area contributed by atoms with E-state index >= 15 is 0 Å². The number of rotatable bonds is 9. The number of amides is 1. The molecule has 33 heavy (non-hydrogen) atoms. The van der Waals surface area contributed by atoms with E-state index in [1.54, 1.807) is 25.3 Å². The zero-order chi connectivity index (χ0) is 24.0. The van der Waals surface area contributed by atoms with Gasteiger partial charge in [0.25, 0.3) is 5.91 Å². The lowest BCUT2D eigenvalue weighted by Gasteiger charge is -2.38. The number of benzene rings is 2. The molecular formula is C24H30ClN3O5. The highest BCUT2D eigenvalue weighted by Crippen LogP contribution is 2.29. The Morgan fingerprint density at radius 2 is 1.97 bits per heavy atom. The lowest BCUT2D eigenvalue weighted by Crippen LogP contribution is -2.55. The van der Waals surface area contributed by atoms with Gasteiger partial charge < -0.3 is 30.5 Å². The fraction of sp³-hybridized carbons (Fsp3) is 0.417. The molecule has 9 heteroatoms. The Morgan fingerprint density at radius 3 is 2.61 bits per heavy atom. The van der Waals surface area contributed by atoms with Crippen molar-refractivity contribution >= 4 is 29.2 Å². The summed E-state index contributed by atoms with van der Waals surface area (Å²) in [7, 11) is 3.13. The number of piperidine rings is 1. The first-order valence-corrected chi connectivity index (χ1v) is 11.2. The second-order valence-corrected chi connectivity index (χ2v) is 8.53. The summed E-state index contributed by atoms with van der Waals surface area (Å²) in [6.07, 6.45) is 2.42. The number of anilines is 1. The number of nitrogen functional groups attached to an aromatic ring is 1. The minimum atomic E-state index is -0.917. The van der Waals surface area contributed by atoms with E-state index in [9.17, 15) is 9.59 Å². The Labute approximate surface area is 198 Å². The Bertz CT molecular complexity index is 983. The molecule has 1 saturated heterocycles. The number of carboxylic acids is 1. The molecule has 8 nitrogen and oxygen atoms in total. The van der Waals surface area contributed by atoms with Crippen LogP contribution in [0.2, 0.25) is 5.02 Å². The number of nitrogens with one attached hydrogen (secondary N) is 1. The van der Waals surface area contributed by atoms with Crippen LogP contribution >= 0.6 is 11.6 Å². The average Bonchev–Trinajstić information content (AvgIpc) is 2.81. The summed E-state index contributed by atoms with van der Waals surface area (Å²) in [5.41, 5.74) is 7.91. The summed E-state index contributed by atoms with van der Waals surface area (Å²) in [6, 6.07) is 9.92. The van der Waals surface area contributed by atoms with Gasteiger partial charge in [-0.25, -0.2) is 4.79 Å². The monoisotopic (exact) mass is 475 g/mol. The number of nitrogens with zero attached hydrogens (tertiary/aromatic N) is 1. The molecule has 178 valence electrons. The second kappa shape index (κ2) is 11.4. The SMILES string of the molecule is COc1cc(N)c(Cl)cc1C(=O)N[C@@H]1CCN(CCCc2ccc(C(=O)O)cc2)C[C@@H]1OC. The molecule has 3 rings (SSSR count). The molecule has 1 aliphatic heterocycles. The van der Waals surface area contributed by atoms with E-state index in [0.29, 0.717) is 34.1 Å². The molecule has 0 aromatic heterocycles. The number of aryl methyl sites for hydroxylation is 1. The van der Waals surface area contributed by atoms with E-state index < -0.39 is 5.97 Å². The van der Waals surface area contributed by atoms with Crippen molar-refractivity contribution in [2.45, 2.75) is 31.4 Å². The number of carboxylic acid groups (broad SMARTS) is 1. The summed E-state index contributed by atoms with van der Waals surface area (Å²) in [4.78, 5) is 26.2. The lowest BCUT2D eigenvalue weighted by molar-refractivity contribution is 0.00616. The molecular weight excluding hydrogens is 446 g/mol. The number of ether oxygens (including phenoxy) is 2. The number of aromatic carboxylic acids is 1. The van der Waals surface area contributed by atoms with Crippen molar-refractivity contribution in [2.75, 3.05) is 39.6 Å². The van der Waals surface area contributed by atoms with Gasteiger partial charge in [-0.1, -0.05) is 23.7 Å². The first kappa shape index (κ1) is 24.8. The topological polar surface area (TPSA) is 114 Å². The van der Waals surface area contributed by atoms with Gasteiger partial charge in [0.15, 0.2) is 0 Å². The second-order valence-electron chi connectivity index (χ2n) is 8.12. The van der Waals surface area contributed by atoms with E-state index in [1.165, 1.54) is 13.2 Å². The molecule has 0 saturated carbocycles. The number of hydrogen-bond acceptors (Lipinski definition) is 6. The fourth-order valence-electron chi connectivity index (χ4n) is 4.07. The van der Waals surface area contributed by atoms with E-state index in [0.717, 1.165) is 37.9 Å². The van der Waals surface area contributed by atoms with Crippen molar-refractivity contribution in [3.05, 3.63) is 58.1 Å². The van der Waals surface area contributed by atoms with Crippen molar-refractivity contribution in [1.29, 1.82) is 0 Å². The van der Waals surface area contributed by atoms with Gasteiger partial charge in [-0.15, -0.1) is 0 Å². The maximum atomic E-state index is 12.9. The smallest absolute Gasteiger partial charge is 0.335 e. The molecule has 0 radical (unpaired) electrons. The predicted octanol–water partition coefficient (Wildman–Crippen LogP) is 3.08. The Morgan fingerprint density at radius 1 is 1.24 bits per heavy atom. The lowest BCUT2D eigenvalue weighted by atomic mass is 10.00. The van der Waals surface area contributed by atoms with Crippen molar-refractivity contribution in [2.24, 2.45) is 0 Å². The summed E-state index contributed by atoms with van der Waals surface area (Å²) in [6.45, 7) is 2.43. The highest BCUT2D eigenvalue weighted by atomic mass is 35.5. The van der Waals surface area contributed by atoms with Crippen LogP contribution in [0.3, 0.4) is 0 Å². The van der Waals surface area contributed by atoms with E-state index in [4.69, 9.17) is 31.9 Å². The molecule has 2 aromatic rings. The summed E-state index contributed by atoms with van der Waals surface area (Å²) < 4.78 is 11.0. The summed E-state index contributed by atoms with van der Waals surface area (Å²) in [5, 5.41) is 12.4. The van der Waals surface area contributed by atoms with E-state index in [2.05, 4.69) is 10.2 Å². The summed E-state index contributed by atoms with van der Waals surface area (Å²) in [5.74, 6) is -0.823. The normalized spacial score (nSPS) is 18.6. The molecule has 2 aromatic carbocycles. The number of hydrogen-bond donors (Lipinski definition) is 3. The van der Waals surface area contributed by atoms with Crippen molar-refractivity contribution in [3.8, 4) is 5.75 Å². The van der Waals surface area contributed by atoms with Crippen LogP contribution in [0.5, 0.6) is 5.75 Å². The number of nitrogens with two attached hydrogens (primary N) is 1. The van der Waals surface area contributed by atoms with Gasteiger partial charge in [0, 0.05) is 26.3 Å². The highest BCUT2D eigenvalue weighted by molar-refractivity contribution is 6.33. The number of likely N-dealkylation sites (tertiary alicyclic amines) is 1. The number of carbonyl (C=O) groups excluding carboxylic acids is 1. The third kappa shape index (κ3) is 6.37. The van der Waals surface area contributed by atoms with Crippen molar-refractivity contribution in [1.82, 2.24) is 10.2 Å². The van der Waals surface area contributed by atoms with Crippen LogP contribution in [0.15, 0.2) is 36.4 Å².